The summed E-state index contributed by atoms with van der Waals surface area (Å²) in [6.45, 7) is -0.516. The number of carbonyl (C=O) groups excluding carboxylic acids is 1. The standard InChI is InChI=1S/C18H16FO6PS/c19-14-6-3-4-12(8-14)9-15(11-24-26(21,22)23)25-18(20)17-10-13-5-1-2-7-16(13)27-17/h1-8,10,15H,9,11H2,(H2,21,22,23)/t15-/m1/s1. The zero-order valence-corrected chi connectivity index (χ0v) is 15.7. The molecule has 0 fully saturated rings. The highest BCUT2D eigenvalue weighted by Crippen LogP contribution is 2.36. The maximum Gasteiger partial charge on any atom is 0.469 e. The molecule has 0 aliphatic carbocycles. The van der Waals surface area contributed by atoms with Crippen molar-refractivity contribution in [3.63, 3.8) is 0 Å². The van der Waals surface area contributed by atoms with Crippen LogP contribution in [0.25, 0.3) is 10.1 Å². The molecule has 0 bridgehead atoms. The molecule has 0 saturated heterocycles. The average Bonchev–Trinajstić information content (AvgIpc) is 3.03. The smallest absolute Gasteiger partial charge is 0.455 e. The minimum Gasteiger partial charge on any atom is -0.455 e. The van der Waals surface area contributed by atoms with Gasteiger partial charge in [-0.3, -0.25) is 4.52 Å². The highest BCUT2D eigenvalue weighted by molar-refractivity contribution is 7.46. The fourth-order valence-corrected chi connectivity index (χ4v) is 3.84. The monoisotopic (exact) mass is 410 g/mol. The number of rotatable bonds is 7. The molecule has 0 unspecified atom stereocenters. The predicted molar refractivity (Wildman–Crippen MR) is 99.1 cm³/mol. The molecule has 1 aromatic heterocycles. The highest BCUT2D eigenvalue weighted by atomic mass is 32.1. The van der Waals surface area contributed by atoms with E-state index in [2.05, 4.69) is 4.52 Å². The zero-order chi connectivity index (χ0) is 19.4. The SMILES string of the molecule is O=C(O[C@@H](COP(=O)(O)O)Cc1cccc(F)c1)c1cc2ccccc2s1. The first-order valence-electron chi connectivity index (χ1n) is 7.94. The number of benzene rings is 2. The van der Waals surface area contributed by atoms with Gasteiger partial charge in [-0.05, 0) is 35.2 Å². The van der Waals surface area contributed by atoms with E-state index in [0.29, 0.717) is 10.4 Å². The van der Waals surface area contributed by atoms with Crippen molar-refractivity contribution in [2.45, 2.75) is 12.5 Å². The van der Waals surface area contributed by atoms with Crippen LogP contribution in [0.15, 0.2) is 54.6 Å². The van der Waals surface area contributed by atoms with Gasteiger partial charge in [0.2, 0.25) is 0 Å². The molecule has 3 rings (SSSR count). The number of fused-ring (bicyclic) bond motifs is 1. The van der Waals surface area contributed by atoms with Gasteiger partial charge in [0.1, 0.15) is 16.8 Å². The van der Waals surface area contributed by atoms with Crippen LogP contribution >= 0.6 is 19.2 Å². The summed E-state index contributed by atoms with van der Waals surface area (Å²) in [5.41, 5.74) is 0.512. The Kier molecular flexibility index (Phi) is 6.04. The summed E-state index contributed by atoms with van der Waals surface area (Å²) < 4.78 is 35.2. The predicted octanol–water partition coefficient (Wildman–Crippen LogP) is 3.92. The number of esters is 1. The van der Waals surface area contributed by atoms with Crippen molar-refractivity contribution in [2.75, 3.05) is 6.61 Å². The molecule has 27 heavy (non-hydrogen) atoms. The largest absolute Gasteiger partial charge is 0.469 e. The summed E-state index contributed by atoms with van der Waals surface area (Å²) in [4.78, 5) is 30.7. The average molecular weight is 410 g/mol. The second kappa shape index (κ2) is 8.29. The van der Waals surface area contributed by atoms with Crippen LogP contribution in [0.4, 0.5) is 4.39 Å². The lowest BCUT2D eigenvalue weighted by Gasteiger charge is -2.18. The molecule has 0 spiro atoms. The number of thiophene rings is 1. The van der Waals surface area contributed by atoms with Crippen LogP contribution < -0.4 is 0 Å². The third-order valence-corrected chi connectivity index (χ3v) is 5.26. The first-order valence-corrected chi connectivity index (χ1v) is 10.3. The molecule has 6 nitrogen and oxygen atoms in total. The summed E-state index contributed by atoms with van der Waals surface area (Å²) in [6, 6.07) is 14.8. The number of halogens is 1. The second-order valence-electron chi connectivity index (χ2n) is 5.80. The summed E-state index contributed by atoms with van der Waals surface area (Å²) >= 11 is 1.25. The van der Waals surface area contributed by atoms with Gasteiger partial charge >= 0.3 is 13.8 Å². The molecule has 2 aromatic carbocycles. The van der Waals surface area contributed by atoms with E-state index in [1.54, 1.807) is 12.1 Å². The normalized spacial score (nSPS) is 12.9. The van der Waals surface area contributed by atoms with Gasteiger partial charge in [0, 0.05) is 11.1 Å². The number of phosphoric ester groups is 1. The molecule has 142 valence electrons. The molecule has 0 aliphatic rings. The van der Waals surface area contributed by atoms with Gasteiger partial charge in [-0.25, -0.2) is 13.8 Å². The first-order chi connectivity index (χ1) is 12.8. The van der Waals surface area contributed by atoms with E-state index in [4.69, 9.17) is 14.5 Å². The Labute approximate surface area is 158 Å². The van der Waals surface area contributed by atoms with Crippen LogP contribution in [0.1, 0.15) is 15.2 Å². The summed E-state index contributed by atoms with van der Waals surface area (Å²) in [7, 11) is -4.74. The van der Waals surface area contributed by atoms with Crippen molar-refractivity contribution in [1.82, 2.24) is 0 Å². The molecule has 1 heterocycles. The van der Waals surface area contributed by atoms with Crippen molar-refractivity contribution in [3.8, 4) is 0 Å². The number of phosphoric acid groups is 1. The molecular weight excluding hydrogens is 394 g/mol. The van der Waals surface area contributed by atoms with Crippen molar-refractivity contribution in [1.29, 1.82) is 0 Å². The van der Waals surface area contributed by atoms with Crippen LogP contribution in [0, 0.1) is 5.82 Å². The molecule has 0 saturated carbocycles. The van der Waals surface area contributed by atoms with Crippen LogP contribution in [-0.4, -0.2) is 28.5 Å². The first kappa shape index (κ1) is 19.7. The molecular formula is C18H16FO6PS. The van der Waals surface area contributed by atoms with E-state index in [9.17, 15) is 13.8 Å². The highest BCUT2D eigenvalue weighted by Gasteiger charge is 2.23. The molecule has 9 heteroatoms. The fraction of sp³-hybridized carbons (Fsp3) is 0.167. The van der Waals surface area contributed by atoms with Gasteiger partial charge in [0.05, 0.1) is 6.61 Å². The Bertz CT molecular complexity index is 965. The molecule has 1 atom stereocenters. The van der Waals surface area contributed by atoms with Gasteiger partial charge in [-0.1, -0.05) is 30.3 Å². The van der Waals surface area contributed by atoms with Crippen LogP contribution in [-0.2, 0) is 20.2 Å². The third kappa shape index (κ3) is 5.69. The van der Waals surface area contributed by atoms with E-state index in [1.807, 2.05) is 24.3 Å². The Morgan fingerprint density at radius 2 is 1.93 bits per heavy atom. The van der Waals surface area contributed by atoms with Gasteiger partial charge in [0.25, 0.3) is 0 Å². The van der Waals surface area contributed by atoms with Crippen LogP contribution in [0.2, 0.25) is 0 Å². The minimum absolute atomic E-state index is 0.0500. The van der Waals surface area contributed by atoms with E-state index in [-0.39, 0.29) is 6.42 Å². The third-order valence-electron chi connectivity index (χ3n) is 3.68. The Hall–Kier alpha value is -2.09. The van der Waals surface area contributed by atoms with Crippen LogP contribution in [0.3, 0.4) is 0 Å². The number of carbonyl (C=O) groups is 1. The maximum absolute atomic E-state index is 13.4. The molecule has 3 aromatic rings. The Morgan fingerprint density at radius 1 is 1.15 bits per heavy atom. The van der Waals surface area contributed by atoms with Crippen LogP contribution in [0.5, 0.6) is 0 Å². The van der Waals surface area contributed by atoms with E-state index in [1.165, 1.54) is 29.5 Å². The molecule has 2 N–H and O–H groups in total. The molecule has 0 radical (unpaired) electrons. The van der Waals surface area contributed by atoms with Gasteiger partial charge < -0.3 is 14.5 Å². The van der Waals surface area contributed by atoms with E-state index in [0.717, 1.165) is 10.1 Å². The second-order valence-corrected chi connectivity index (χ2v) is 8.12. The number of hydrogen-bond acceptors (Lipinski definition) is 5. The van der Waals surface area contributed by atoms with Crippen molar-refractivity contribution >= 4 is 35.2 Å². The lowest BCUT2D eigenvalue weighted by Crippen LogP contribution is -2.25. The number of ether oxygens (including phenoxy) is 1. The summed E-state index contributed by atoms with van der Waals surface area (Å²) in [5.74, 6) is -1.09. The minimum atomic E-state index is -4.74. The van der Waals surface area contributed by atoms with Gasteiger partial charge in [-0.15, -0.1) is 11.3 Å². The topological polar surface area (TPSA) is 93.1 Å². The lowest BCUT2D eigenvalue weighted by atomic mass is 10.1. The van der Waals surface area contributed by atoms with E-state index >= 15 is 0 Å². The Balaban J connectivity index is 1.76. The zero-order valence-electron chi connectivity index (χ0n) is 13.9. The maximum atomic E-state index is 13.4. The summed E-state index contributed by atoms with van der Waals surface area (Å²) in [5, 5.41) is 0.891. The molecule has 0 amide bonds. The quantitative estimate of drug-likeness (QED) is 0.453. The van der Waals surface area contributed by atoms with Crippen molar-refractivity contribution in [3.05, 3.63) is 70.9 Å². The van der Waals surface area contributed by atoms with Crippen molar-refractivity contribution in [2.24, 2.45) is 0 Å². The summed E-state index contributed by atoms with van der Waals surface area (Å²) in [6.07, 6.45) is -0.939. The fourth-order valence-electron chi connectivity index (χ4n) is 2.53. The number of hydrogen-bond donors (Lipinski definition) is 2. The molecule has 0 aliphatic heterocycles. The van der Waals surface area contributed by atoms with Crippen molar-refractivity contribution < 1.29 is 32.8 Å². The lowest BCUT2D eigenvalue weighted by molar-refractivity contribution is 0.0140. The van der Waals surface area contributed by atoms with E-state index < -0.39 is 32.3 Å². The Morgan fingerprint density at radius 3 is 2.63 bits per heavy atom. The van der Waals surface area contributed by atoms with Gasteiger partial charge in [-0.2, -0.15) is 0 Å². The van der Waals surface area contributed by atoms with Gasteiger partial charge in [0.15, 0.2) is 0 Å².